The van der Waals surface area contributed by atoms with Gasteiger partial charge in [-0.1, -0.05) is 25.4 Å². The highest BCUT2D eigenvalue weighted by molar-refractivity contribution is 6.29. The van der Waals surface area contributed by atoms with Crippen molar-refractivity contribution in [2.45, 2.75) is 26.3 Å². The molecule has 0 aliphatic rings. The first-order valence-electron chi connectivity index (χ1n) is 4.67. The highest BCUT2D eigenvalue weighted by atomic mass is 35.5. The number of rotatable bonds is 3. The molecule has 0 saturated carbocycles. The van der Waals surface area contributed by atoms with Gasteiger partial charge in [-0.05, 0) is 26.1 Å². The molecule has 0 spiro atoms. The summed E-state index contributed by atoms with van der Waals surface area (Å²) < 4.78 is 0. The van der Waals surface area contributed by atoms with Crippen molar-refractivity contribution in [2.24, 2.45) is 0 Å². The average Bonchev–Trinajstić information content (AvgIpc) is 2.01. The second kappa shape index (κ2) is 4.71. The fraction of sp³-hybridized carbons (Fsp3) is 0.600. The van der Waals surface area contributed by atoms with Gasteiger partial charge >= 0.3 is 0 Å². The van der Waals surface area contributed by atoms with Crippen molar-refractivity contribution in [3.05, 3.63) is 22.7 Å². The van der Waals surface area contributed by atoms with E-state index >= 15 is 0 Å². The summed E-state index contributed by atoms with van der Waals surface area (Å²) in [7, 11) is 3.97. The Morgan fingerprint density at radius 2 is 2.00 bits per heavy atom. The lowest BCUT2D eigenvalue weighted by molar-refractivity contribution is 0.389. The second-order valence-corrected chi connectivity index (χ2v) is 4.31. The molecule has 0 atom stereocenters. The Kier molecular flexibility index (Phi) is 3.84. The van der Waals surface area contributed by atoms with Crippen LogP contribution in [0.1, 0.15) is 31.3 Å². The zero-order valence-electron chi connectivity index (χ0n) is 9.08. The Hall–Kier alpha value is -0.670. The van der Waals surface area contributed by atoms with Crippen LogP contribution < -0.4 is 0 Å². The van der Waals surface area contributed by atoms with E-state index in [-0.39, 0.29) is 0 Å². The van der Waals surface area contributed by atoms with Crippen molar-refractivity contribution in [1.29, 1.82) is 0 Å². The van der Waals surface area contributed by atoms with Gasteiger partial charge in [0.05, 0.1) is 6.54 Å². The van der Waals surface area contributed by atoms with E-state index in [0.29, 0.717) is 11.1 Å². The van der Waals surface area contributed by atoms with Crippen molar-refractivity contribution in [3.8, 4) is 0 Å². The summed E-state index contributed by atoms with van der Waals surface area (Å²) in [5.41, 5.74) is 1.00. The standard InChI is InChI=1S/C10H16ClN3/c1-7(2)8-5-9(11)13-10(12-8)6-14(3)4/h5,7H,6H2,1-4H3. The minimum atomic E-state index is 0.386. The number of aromatic nitrogens is 2. The smallest absolute Gasteiger partial charge is 0.144 e. The lowest BCUT2D eigenvalue weighted by atomic mass is 10.1. The largest absolute Gasteiger partial charge is 0.302 e. The third kappa shape index (κ3) is 3.24. The first kappa shape index (κ1) is 11.4. The Morgan fingerprint density at radius 3 is 2.50 bits per heavy atom. The monoisotopic (exact) mass is 213 g/mol. The van der Waals surface area contributed by atoms with E-state index in [1.165, 1.54) is 0 Å². The maximum atomic E-state index is 5.91. The van der Waals surface area contributed by atoms with Crippen molar-refractivity contribution in [1.82, 2.24) is 14.9 Å². The Bertz CT molecular complexity index is 310. The molecule has 14 heavy (non-hydrogen) atoms. The molecule has 0 unspecified atom stereocenters. The summed E-state index contributed by atoms with van der Waals surface area (Å²) in [5, 5.41) is 0.528. The lowest BCUT2D eigenvalue weighted by Gasteiger charge is -2.11. The van der Waals surface area contributed by atoms with E-state index in [1.54, 1.807) is 0 Å². The molecule has 0 aromatic carbocycles. The Balaban J connectivity index is 2.95. The first-order valence-corrected chi connectivity index (χ1v) is 5.05. The molecule has 1 aromatic heterocycles. The van der Waals surface area contributed by atoms with Gasteiger partial charge in [0.1, 0.15) is 11.0 Å². The molecule has 0 aliphatic carbocycles. The predicted molar refractivity (Wildman–Crippen MR) is 58.5 cm³/mol. The fourth-order valence-electron chi connectivity index (χ4n) is 1.13. The Labute approximate surface area is 90.1 Å². The van der Waals surface area contributed by atoms with Crippen molar-refractivity contribution in [3.63, 3.8) is 0 Å². The molecule has 0 aliphatic heterocycles. The van der Waals surface area contributed by atoms with Crippen molar-refractivity contribution < 1.29 is 0 Å². The molecule has 0 radical (unpaired) electrons. The summed E-state index contributed by atoms with van der Waals surface area (Å²) in [5.74, 6) is 1.17. The van der Waals surface area contributed by atoms with Crippen LogP contribution in [-0.4, -0.2) is 29.0 Å². The van der Waals surface area contributed by atoms with Crippen LogP contribution in [0.3, 0.4) is 0 Å². The van der Waals surface area contributed by atoms with Crippen LogP contribution in [0.5, 0.6) is 0 Å². The summed E-state index contributed by atoms with van der Waals surface area (Å²) in [6.45, 7) is 4.91. The van der Waals surface area contributed by atoms with E-state index in [2.05, 4.69) is 23.8 Å². The molecule has 3 nitrogen and oxygen atoms in total. The molecule has 1 heterocycles. The third-order valence-corrected chi connectivity index (χ3v) is 2.00. The van der Waals surface area contributed by atoms with Crippen LogP contribution >= 0.6 is 11.6 Å². The van der Waals surface area contributed by atoms with Gasteiger partial charge in [0.15, 0.2) is 0 Å². The van der Waals surface area contributed by atoms with Gasteiger partial charge in [-0.15, -0.1) is 0 Å². The number of halogens is 1. The quantitative estimate of drug-likeness (QED) is 0.722. The highest BCUT2D eigenvalue weighted by Gasteiger charge is 2.06. The second-order valence-electron chi connectivity index (χ2n) is 3.92. The van der Waals surface area contributed by atoms with E-state index in [0.717, 1.165) is 18.1 Å². The Morgan fingerprint density at radius 1 is 1.36 bits per heavy atom. The van der Waals surface area contributed by atoms with Crippen LogP contribution in [-0.2, 0) is 6.54 Å². The summed E-state index contributed by atoms with van der Waals surface area (Å²) >= 11 is 5.91. The minimum Gasteiger partial charge on any atom is -0.302 e. The molecular formula is C10H16ClN3. The van der Waals surface area contributed by atoms with Crippen molar-refractivity contribution in [2.75, 3.05) is 14.1 Å². The van der Waals surface area contributed by atoms with Gasteiger partial charge in [-0.2, -0.15) is 0 Å². The predicted octanol–water partition coefficient (Wildman–Crippen LogP) is 2.32. The van der Waals surface area contributed by atoms with Crippen LogP contribution in [0.15, 0.2) is 6.07 Å². The van der Waals surface area contributed by atoms with Crippen molar-refractivity contribution >= 4 is 11.6 Å². The maximum Gasteiger partial charge on any atom is 0.144 e. The zero-order chi connectivity index (χ0) is 10.7. The van der Waals surface area contributed by atoms with E-state index in [1.807, 2.05) is 25.1 Å². The molecule has 78 valence electrons. The number of hydrogen-bond donors (Lipinski definition) is 0. The maximum absolute atomic E-state index is 5.91. The van der Waals surface area contributed by atoms with Crippen LogP contribution in [0.25, 0.3) is 0 Å². The number of hydrogen-bond acceptors (Lipinski definition) is 3. The van der Waals surface area contributed by atoms with E-state index in [4.69, 9.17) is 11.6 Å². The molecule has 0 fully saturated rings. The average molecular weight is 214 g/mol. The number of nitrogens with zero attached hydrogens (tertiary/aromatic N) is 3. The SMILES string of the molecule is CC(C)c1cc(Cl)nc(CN(C)C)n1. The summed E-state index contributed by atoms with van der Waals surface area (Å²) in [4.78, 5) is 10.6. The van der Waals surface area contributed by atoms with Gasteiger partial charge in [0, 0.05) is 5.69 Å². The van der Waals surface area contributed by atoms with Crippen LogP contribution in [0, 0.1) is 0 Å². The lowest BCUT2D eigenvalue weighted by Crippen LogP contribution is -2.14. The van der Waals surface area contributed by atoms with Gasteiger partial charge in [0.2, 0.25) is 0 Å². The highest BCUT2D eigenvalue weighted by Crippen LogP contribution is 2.15. The van der Waals surface area contributed by atoms with E-state index in [9.17, 15) is 0 Å². The minimum absolute atomic E-state index is 0.386. The topological polar surface area (TPSA) is 29.0 Å². The fourth-order valence-corrected chi connectivity index (χ4v) is 1.34. The molecule has 1 rings (SSSR count). The van der Waals surface area contributed by atoms with Gasteiger partial charge in [-0.25, -0.2) is 9.97 Å². The molecule has 0 amide bonds. The zero-order valence-corrected chi connectivity index (χ0v) is 9.84. The van der Waals surface area contributed by atoms with Crippen LogP contribution in [0.2, 0.25) is 5.15 Å². The van der Waals surface area contributed by atoms with Crippen LogP contribution in [0.4, 0.5) is 0 Å². The molecule has 0 bridgehead atoms. The van der Waals surface area contributed by atoms with E-state index < -0.39 is 0 Å². The van der Waals surface area contributed by atoms with Gasteiger partial charge in [0.25, 0.3) is 0 Å². The molecule has 0 saturated heterocycles. The molecule has 4 heteroatoms. The summed E-state index contributed by atoms with van der Waals surface area (Å²) in [6, 6.07) is 1.82. The summed E-state index contributed by atoms with van der Waals surface area (Å²) in [6.07, 6.45) is 0. The molecule has 0 N–H and O–H groups in total. The normalized spacial score (nSPS) is 11.4. The third-order valence-electron chi connectivity index (χ3n) is 1.81. The first-order chi connectivity index (χ1) is 6.49. The van der Waals surface area contributed by atoms with Gasteiger partial charge in [-0.3, -0.25) is 0 Å². The molecule has 1 aromatic rings. The molecular weight excluding hydrogens is 198 g/mol. The van der Waals surface area contributed by atoms with Gasteiger partial charge < -0.3 is 4.90 Å².